The van der Waals surface area contributed by atoms with Crippen LogP contribution in [0.5, 0.6) is 0 Å². The Labute approximate surface area is 77.6 Å². The summed E-state index contributed by atoms with van der Waals surface area (Å²) in [7, 11) is 0. The van der Waals surface area contributed by atoms with Crippen LogP contribution in [0.2, 0.25) is 0 Å². The van der Waals surface area contributed by atoms with E-state index in [-0.39, 0.29) is 11.5 Å². The number of aromatic nitrogens is 1. The smallest absolute Gasteiger partial charge is 0.0766 e. The largest absolute Gasteiger partial charge is 0.367 e. The zero-order chi connectivity index (χ0) is 9.31. The number of nitrogens with one attached hydrogen (secondary N) is 1. The second kappa shape index (κ2) is 2.90. The molecule has 1 aromatic rings. The van der Waals surface area contributed by atoms with Crippen LogP contribution in [0.1, 0.15) is 30.9 Å². The first-order chi connectivity index (χ1) is 6.28. The highest BCUT2D eigenvalue weighted by molar-refractivity contribution is 5.23. The van der Waals surface area contributed by atoms with Gasteiger partial charge in [0, 0.05) is 18.4 Å². The van der Waals surface area contributed by atoms with E-state index in [0.29, 0.717) is 0 Å². The second-order valence-electron chi connectivity index (χ2n) is 3.74. The van der Waals surface area contributed by atoms with Crippen molar-refractivity contribution in [3.8, 4) is 6.07 Å². The molecule has 1 aliphatic carbocycles. The van der Waals surface area contributed by atoms with Gasteiger partial charge in [0.15, 0.2) is 0 Å². The van der Waals surface area contributed by atoms with Gasteiger partial charge >= 0.3 is 0 Å². The summed E-state index contributed by atoms with van der Waals surface area (Å²) in [6.07, 6.45) is 6.73. The van der Waals surface area contributed by atoms with Crippen LogP contribution in [0.25, 0.3) is 0 Å². The number of nitriles is 1. The van der Waals surface area contributed by atoms with Crippen molar-refractivity contribution in [1.29, 1.82) is 5.26 Å². The average molecular weight is 175 g/mol. The molecular formula is C10H13N3. The number of nitrogens with two attached hydrogens (primary N) is 1. The van der Waals surface area contributed by atoms with Crippen molar-refractivity contribution in [2.45, 2.75) is 25.3 Å². The first kappa shape index (κ1) is 8.33. The molecule has 0 radical (unpaired) electrons. The number of hydrogen-bond donors (Lipinski definition) is 2. The first-order valence-electron chi connectivity index (χ1n) is 4.58. The molecule has 3 N–H and O–H groups in total. The van der Waals surface area contributed by atoms with Crippen LogP contribution in [-0.2, 0) is 0 Å². The minimum absolute atomic E-state index is 0.127. The molecule has 3 heteroatoms. The standard InChI is InChI=1S/C10H13N3/c11-7-10(3-1-4-10)9(12)8-2-5-13-6-8/h2,5-6,9,13H,1,3-4,12H2. The molecule has 0 bridgehead atoms. The molecule has 2 rings (SSSR count). The molecule has 1 aliphatic rings. The van der Waals surface area contributed by atoms with Gasteiger partial charge in [-0.3, -0.25) is 0 Å². The first-order valence-corrected chi connectivity index (χ1v) is 4.58. The molecule has 0 spiro atoms. The van der Waals surface area contributed by atoms with Crippen molar-refractivity contribution < 1.29 is 0 Å². The highest BCUT2D eigenvalue weighted by Crippen LogP contribution is 2.48. The van der Waals surface area contributed by atoms with Crippen LogP contribution in [0, 0.1) is 16.7 Å². The van der Waals surface area contributed by atoms with Crippen LogP contribution >= 0.6 is 0 Å². The van der Waals surface area contributed by atoms with Crippen molar-refractivity contribution in [3.05, 3.63) is 24.0 Å². The maximum atomic E-state index is 9.07. The minimum atomic E-state index is -0.289. The minimum Gasteiger partial charge on any atom is -0.367 e. The van der Waals surface area contributed by atoms with E-state index >= 15 is 0 Å². The van der Waals surface area contributed by atoms with Gasteiger partial charge in [-0.05, 0) is 24.5 Å². The highest BCUT2D eigenvalue weighted by Gasteiger charge is 2.43. The number of H-pyrrole nitrogens is 1. The second-order valence-corrected chi connectivity index (χ2v) is 3.74. The van der Waals surface area contributed by atoms with Gasteiger partial charge in [0.1, 0.15) is 0 Å². The Morgan fingerprint density at radius 3 is 2.77 bits per heavy atom. The average Bonchev–Trinajstić information content (AvgIpc) is 2.54. The fourth-order valence-electron chi connectivity index (χ4n) is 1.90. The van der Waals surface area contributed by atoms with Gasteiger partial charge in [-0.2, -0.15) is 5.26 Å². The van der Waals surface area contributed by atoms with Gasteiger partial charge in [-0.1, -0.05) is 6.42 Å². The normalized spacial score (nSPS) is 21.5. The summed E-state index contributed by atoms with van der Waals surface area (Å²) in [5.74, 6) is 0. The van der Waals surface area contributed by atoms with Crippen LogP contribution in [0.4, 0.5) is 0 Å². The summed E-state index contributed by atoms with van der Waals surface area (Å²) in [6.45, 7) is 0. The van der Waals surface area contributed by atoms with E-state index in [9.17, 15) is 0 Å². The Bertz CT molecular complexity index is 316. The van der Waals surface area contributed by atoms with Gasteiger partial charge < -0.3 is 10.7 Å². The summed E-state index contributed by atoms with van der Waals surface area (Å²) in [5, 5.41) is 9.07. The Morgan fingerprint density at radius 2 is 2.38 bits per heavy atom. The number of aromatic amines is 1. The molecule has 1 aromatic heterocycles. The van der Waals surface area contributed by atoms with Crippen molar-refractivity contribution in [1.82, 2.24) is 4.98 Å². The molecule has 68 valence electrons. The summed E-state index contributed by atoms with van der Waals surface area (Å²) in [6, 6.07) is 4.18. The molecule has 1 fully saturated rings. The third kappa shape index (κ3) is 1.14. The Morgan fingerprint density at radius 1 is 1.62 bits per heavy atom. The molecule has 1 heterocycles. The van der Waals surface area contributed by atoms with E-state index < -0.39 is 0 Å². The Balaban J connectivity index is 2.22. The highest BCUT2D eigenvalue weighted by atomic mass is 14.7. The number of nitrogens with zero attached hydrogens (tertiary/aromatic N) is 1. The molecule has 0 aliphatic heterocycles. The SMILES string of the molecule is N#CC1(C(N)c2cc[nH]c2)CCC1. The molecule has 1 saturated carbocycles. The van der Waals surface area contributed by atoms with Crippen molar-refractivity contribution >= 4 is 0 Å². The fraction of sp³-hybridized carbons (Fsp3) is 0.500. The molecule has 13 heavy (non-hydrogen) atoms. The lowest BCUT2D eigenvalue weighted by Crippen LogP contribution is -2.39. The lowest BCUT2D eigenvalue weighted by atomic mass is 9.64. The zero-order valence-electron chi connectivity index (χ0n) is 7.46. The van der Waals surface area contributed by atoms with E-state index in [1.54, 1.807) is 0 Å². The molecule has 1 atom stereocenters. The topological polar surface area (TPSA) is 65.6 Å². The molecular weight excluding hydrogens is 162 g/mol. The predicted octanol–water partition coefficient (Wildman–Crippen LogP) is 1.71. The summed E-state index contributed by atoms with van der Waals surface area (Å²) in [5.41, 5.74) is 6.80. The van der Waals surface area contributed by atoms with E-state index in [1.807, 2.05) is 18.5 Å². The fourth-order valence-corrected chi connectivity index (χ4v) is 1.90. The monoisotopic (exact) mass is 175 g/mol. The van der Waals surface area contributed by atoms with Gasteiger partial charge in [0.2, 0.25) is 0 Å². The van der Waals surface area contributed by atoms with Crippen molar-refractivity contribution in [2.24, 2.45) is 11.1 Å². The van der Waals surface area contributed by atoms with Gasteiger partial charge in [0.25, 0.3) is 0 Å². The van der Waals surface area contributed by atoms with E-state index in [0.717, 1.165) is 24.8 Å². The van der Waals surface area contributed by atoms with Crippen LogP contribution in [0.15, 0.2) is 18.5 Å². The molecule has 3 nitrogen and oxygen atoms in total. The van der Waals surface area contributed by atoms with E-state index in [1.165, 1.54) is 0 Å². The quantitative estimate of drug-likeness (QED) is 0.718. The molecule has 0 aromatic carbocycles. The zero-order valence-corrected chi connectivity index (χ0v) is 7.46. The number of rotatable bonds is 2. The Hall–Kier alpha value is -1.27. The molecule has 0 amide bonds. The lowest BCUT2D eigenvalue weighted by molar-refractivity contribution is 0.169. The summed E-state index contributed by atoms with van der Waals surface area (Å²) >= 11 is 0. The maximum absolute atomic E-state index is 9.07. The number of hydrogen-bond acceptors (Lipinski definition) is 2. The van der Waals surface area contributed by atoms with Crippen LogP contribution in [-0.4, -0.2) is 4.98 Å². The summed E-state index contributed by atoms with van der Waals surface area (Å²) in [4.78, 5) is 2.97. The third-order valence-corrected chi connectivity index (χ3v) is 3.04. The summed E-state index contributed by atoms with van der Waals surface area (Å²) < 4.78 is 0. The maximum Gasteiger partial charge on any atom is 0.0766 e. The third-order valence-electron chi connectivity index (χ3n) is 3.04. The molecule has 0 saturated heterocycles. The van der Waals surface area contributed by atoms with E-state index in [2.05, 4.69) is 11.1 Å². The van der Waals surface area contributed by atoms with Crippen molar-refractivity contribution in [2.75, 3.05) is 0 Å². The predicted molar refractivity (Wildman–Crippen MR) is 49.6 cm³/mol. The lowest BCUT2D eigenvalue weighted by Gasteiger charge is -2.39. The Kier molecular flexibility index (Phi) is 1.86. The van der Waals surface area contributed by atoms with Crippen LogP contribution < -0.4 is 5.73 Å². The van der Waals surface area contributed by atoms with Gasteiger partial charge in [-0.25, -0.2) is 0 Å². The van der Waals surface area contributed by atoms with Crippen LogP contribution in [0.3, 0.4) is 0 Å². The van der Waals surface area contributed by atoms with Gasteiger partial charge in [0.05, 0.1) is 11.5 Å². The van der Waals surface area contributed by atoms with Gasteiger partial charge in [-0.15, -0.1) is 0 Å². The van der Waals surface area contributed by atoms with Crippen molar-refractivity contribution in [3.63, 3.8) is 0 Å². The van der Waals surface area contributed by atoms with E-state index in [4.69, 9.17) is 11.0 Å². The molecule has 1 unspecified atom stereocenters.